The number of benzene rings is 2. The van der Waals surface area contributed by atoms with E-state index in [2.05, 4.69) is 35.3 Å². The number of amides is 1. The van der Waals surface area contributed by atoms with Crippen LogP contribution in [0.5, 0.6) is 0 Å². The summed E-state index contributed by atoms with van der Waals surface area (Å²) in [6.07, 6.45) is 1.36. The van der Waals surface area contributed by atoms with Crippen molar-refractivity contribution in [1.82, 2.24) is 4.90 Å². The zero-order valence-corrected chi connectivity index (χ0v) is 16.3. The average Bonchev–Trinajstić information content (AvgIpc) is 2.73. The van der Waals surface area contributed by atoms with Gasteiger partial charge in [-0.1, -0.05) is 36.4 Å². The molecule has 0 saturated carbocycles. The van der Waals surface area contributed by atoms with E-state index in [-0.39, 0.29) is 5.91 Å². The Bertz CT molecular complexity index is 963. The molecule has 1 fully saturated rings. The summed E-state index contributed by atoms with van der Waals surface area (Å²) in [6.45, 7) is 2.80. The third kappa shape index (κ3) is 4.29. The van der Waals surface area contributed by atoms with Crippen LogP contribution in [0.3, 0.4) is 0 Å². The van der Waals surface area contributed by atoms with Gasteiger partial charge in [0.25, 0.3) is 0 Å². The third-order valence-corrected chi connectivity index (χ3v) is 5.11. The molecule has 0 unspecified atom stereocenters. The molecule has 0 aromatic heterocycles. The number of nitriles is 1. The maximum atomic E-state index is 11.7. The Hall–Kier alpha value is -3.39. The van der Waals surface area contributed by atoms with Crippen molar-refractivity contribution in [3.63, 3.8) is 0 Å². The molecule has 1 aliphatic rings. The van der Waals surface area contributed by atoms with E-state index in [0.717, 1.165) is 40.1 Å². The minimum absolute atomic E-state index is 0.0622. The summed E-state index contributed by atoms with van der Waals surface area (Å²) in [5.74, 6) is 0.0622. The molecule has 0 radical (unpaired) electrons. The number of hydrogen-bond acceptors (Lipinski definition) is 4. The largest absolute Gasteiger partial charge is 0.401 e. The average molecular weight is 372 g/mol. The van der Waals surface area contributed by atoms with Gasteiger partial charge in [-0.25, -0.2) is 0 Å². The molecular weight excluding hydrogens is 348 g/mol. The predicted octanol–water partition coefficient (Wildman–Crippen LogP) is 3.30. The van der Waals surface area contributed by atoms with Crippen LogP contribution < -0.4 is 5.73 Å². The number of likely N-dealkylation sites (tertiary alicyclic amines) is 1. The summed E-state index contributed by atoms with van der Waals surface area (Å²) < 4.78 is 0. The molecule has 1 saturated heterocycles. The summed E-state index contributed by atoms with van der Waals surface area (Å²) in [7, 11) is 1.78. The fourth-order valence-electron chi connectivity index (χ4n) is 3.43. The van der Waals surface area contributed by atoms with Gasteiger partial charge in [0.2, 0.25) is 5.91 Å². The smallest absolute Gasteiger partial charge is 0.219 e. The Balaban J connectivity index is 1.79. The second kappa shape index (κ2) is 8.53. The first kappa shape index (κ1) is 19.4. The summed E-state index contributed by atoms with van der Waals surface area (Å²) in [5.41, 5.74) is 13.1. The Kier molecular flexibility index (Phi) is 5.90. The van der Waals surface area contributed by atoms with E-state index in [1.54, 1.807) is 14.0 Å². The molecule has 28 heavy (non-hydrogen) atoms. The van der Waals surface area contributed by atoms with E-state index in [9.17, 15) is 4.79 Å². The highest BCUT2D eigenvalue weighted by Gasteiger charge is 2.23. The van der Waals surface area contributed by atoms with Crippen molar-refractivity contribution in [2.24, 2.45) is 10.7 Å². The molecule has 5 heteroatoms. The lowest BCUT2D eigenvalue weighted by atomic mass is 9.96. The number of allylic oxidation sites excluding steroid dienone is 1. The first-order chi connectivity index (χ1) is 13.5. The minimum Gasteiger partial charge on any atom is -0.401 e. The van der Waals surface area contributed by atoms with Crippen LogP contribution in [-0.2, 0) is 11.2 Å². The Morgan fingerprint density at radius 1 is 1.14 bits per heavy atom. The van der Waals surface area contributed by atoms with Crippen LogP contribution in [0.25, 0.3) is 11.1 Å². The van der Waals surface area contributed by atoms with Gasteiger partial charge in [0.15, 0.2) is 0 Å². The lowest BCUT2D eigenvalue weighted by Crippen LogP contribution is -2.40. The van der Waals surface area contributed by atoms with Gasteiger partial charge in [-0.15, -0.1) is 0 Å². The quantitative estimate of drug-likeness (QED) is 0.897. The highest BCUT2D eigenvalue weighted by Crippen LogP contribution is 2.22. The zero-order valence-electron chi connectivity index (χ0n) is 16.3. The van der Waals surface area contributed by atoms with Gasteiger partial charge in [-0.2, -0.15) is 5.26 Å². The molecule has 1 amide bonds. The van der Waals surface area contributed by atoms with Gasteiger partial charge in [0.05, 0.1) is 11.6 Å². The fraction of sp³-hybridized carbons (Fsp3) is 0.261. The number of carbonyl (C=O) groups is 1. The van der Waals surface area contributed by atoms with E-state index in [1.807, 2.05) is 29.2 Å². The molecule has 5 nitrogen and oxygen atoms in total. The Labute approximate surface area is 165 Å². The third-order valence-electron chi connectivity index (χ3n) is 5.11. The lowest BCUT2D eigenvalue weighted by Gasteiger charge is -2.30. The van der Waals surface area contributed by atoms with Gasteiger partial charge in [-0.3, -0.25) is 9.79 Å². The zero-order chi connectivity index (χ0) is 20.1. The molecule has 2 N–H and O–H groups in total. The topological polar surface area (TPSA) is 82.5 Å². The molecule has 1 aliphatic heterocycles. The lowest BCUT2D eigenvalue weighted by molar-refractivity contribution is -0.128. The van der Waals surface area contributed by atoms with Crippen molar-refractivity contribution in [1.29, 1.82) is 5.26 Å². The molecule has 0 aliphatic carbocycles. The number of aliphatic imine (C=N–C) groups is 1. The van der Waals surface area contributed by atoms with Gasteiger partial charge in [0, 0.05) is 56.9 Å². The van der Waals surface area contributed by atoms with Crippen LogP contribution in [0.1, 0.15) is 24.5 Å². The van der Waals surface area contributed by atoms with Crippen LogP contribution in [0, 0.1) is 11.3 Å². The molecule has 142 valence electrons. The van der Waals surface area contributed by atoms with E-state index in [1.165, 1.54) is 0 Å². The van der Waals surface area contributed by atoms with E-state index in [4.69, 9.17) is 11.0 Å². The number of rotatable bonds is 3. The second-order valence-corrected chi connectivity index (χ2v) is 6.93. The molecule has 0 spiro atoms. The monoisotopic (exact) mass is 372 g/mol. The van der Waals surface area contributed by atoms with Gasteiger partial charge in [-0.05, 0) is 28.8 Å². The summed E-state index contributed by atoms with van der Waals surface area (Å²) in [5, 5.41) is 8.91. The SMILES string of the molecule is CN=C1CCN(C(C)=O)CC1=C(N)Cc1ccc(-c2ccc(C#N)cc2)cc1. The van der Waals surface area contributed by atoms with Gasteiger partial charge < -0.3 is 10.6 Å². The number of carbonyl (C=O) groups excluding carboxylic acids is 1. The van der Waals surface area contributed by atoms with Gasteiger partial charge in [0.1, 0.15) is 0 Å². The Morgan fingerprint density at radius 2 is 1.75 bits per heavy atom. The van der Waals surface area contributed by atoms with Crippen molar-refractivity contribution in [3.8, 4) is 17.2 Å². The fourth-order valence-corrected chi connectivity index (χ4v) is 3.43. The molecule has 1 heterocycles. The van der Waals surface area contributed by atoms with Crippen molar-refractivity contribution in [3.05, 3.63) is 70.9 Å². The molecule has 2 aromatic rings. The number of nitrogens with two attached hydrogens (primary N) is 1. The number of piperidine rings is 1. The van der Waals surface area contributed by atoms with Crippen LogP contribution in [0.2, 0.25) is 0 Å². The minimum atomic E-state index is 0.0622. The van der Waals surface area contributed by atoms with Crippen LogP contribution in [0.4, 0.5) is 0 Å². The van der Waals surface area contributed by atoms with Crippen molar-refractivity contribution < 1.29 is 4.79 Å². The maximum absolute atomic E-state index is 11.7. The highest BCUT2D eigenvalue weighted by molar-refractivity contribution is 6.02. The first-order valence-electron chi connectivity index (χ1n) is 9.30. The van der Waals surface area contributed by atoms with Crippen molar-refractivity contribution in [2.45, 2.75) is 19.8 Å². The molecule has 2 aromatic carbocycles. The number of hydrogen-bond donors (Lipinski definition) is 1. The van der Waals surface area contributed by atoms with Crippen molar-refractivity contribution >= 4 is 11.6 Å². The van der Waals surface area contributed by atoms with E-state index < -0.39 is 0 Å². The van der Waals surface area contributed by atoms with E-state index in [0.29, 0.717) is 25.1 Å². The highest BCUT2D eigenvalue weighted by atomic mass is 16.2. The predicted molar refractivity (Wildman–Crippen MR) is 112 cm³/mol. The molecule has 0 atom stereocenters. The Morgan fingerprint density at radius 3 is 2.29 bits per heavy atom. The first-order valence-corrected chi connectivity index (χ1v) is 9.30. The summed E-state index contributed by atoms with van der Waals surface area (Å²) in [4.78, 5) is 17.9. The standard InChI is InChI=1S/C23H24N4O/c1-16(28)27-12-11-23(26-2)21(15-27)22(25)13-17-3-7-19(8-4-17)20-9-5-18(14-24)6-10-20/h3-10H,11-13,15,25H2,1-2H3. The second-order valence-electron chi connectivity index (χ2n) is 6.93. The van der Waals surface area contributed by atoms with Crippen LogP contribution in [0.15, 0.2) is 64.8 Å². The summed E-state index contributed by atoms with van der Waals surface area (Å²) in [6, 6.07) is 17.9. The molecule has 0 bridgehead atoms. The van der Waals surface area contributed by atoms with Gasteiger partial charge >= 0.3 is 0 Å². The molecular formula is C23H24N4O. The van der Waals surface area contributed by atoms with Crippen LogP contribution in [-0.4, -0.2) is 36.7 Å². The van der Waals surface area contributed by atoms with Crippen LogP contribution >= 0.6 is 0 Å². The maximum Gasteiger partial charge on any atom is 0.219 e. The molecule has 3 rings (SSSR count). The van der Waals surface area contributed by atoms with E-state index >= 15 is 0 Å². The van der Waals surface area contributed by atoms with Crippen molar-refractivity contribution in [2.75, 3.05) is 20.1 Å². The normalized spacial score (nSPS) is 17.3. The number of nitrogens with zero attached hydrogens (tertiary/aromatic N) is 3. The summed E-state index contributed by atoms with van der Waals surface area (Å²) >= 11 is 0.